The maximum absolute atomic E-state index is 9.57. The standard InChI is InChI=1S/C18H18Cl2N2/c19-16-7-2-1-6-14(16)15-8-13(11-21)18(22,10-17(15)20)9-12-4-3-5-12/h1-2,6-8,10,12-13H,3-5,9,22H2. The molecule has 2 atom stereocenters. The first kappa shape index (κ1) is 15.6. The molecule has 2 N–H and O–H groups in total. The van der Waals surface area contributed by atoms with Crippen molar-refractivity contribution in [1.82, 2.24) is 0 Å². The van der Waals surface area contributed by atoms with Crippen molar-refractivity contribution in [2.75, 3.05) is 0 Å². The van der Waals surface area contributed by atoms with E-state index in [1.54, 1.807) is 0 Å². The average Bonchev–Trinajstić information content (AvgIpc) is 2.44. The third-order valence-electron chi connectivity index (χ3n) is 4.74. The van der Waals surface area contributed by atoms with Crippen molar-refractivity contribution < 1.29 is 0 Å². The normalized spacial score (nSPS) is 28.4. The summed E-state index contributed by atoms with van der Waals surface area (Å²) >= 11 is 12.7. The first-order valence-electron chi connectivity index (χ1n) is 7.57. The van der Waals surface area contributed by atoms with Gasteiger partial charge in [0.2, 0.25) is 0 Å². The quantitative estimate of drug-likeness (QED) is 0.856. The van der Waals surface area contributed by atoms with Crippen molar-refractivity contribution in [2.24, 2.45) is 17.6 Å². The van der Waals surface area contributed by atoms with E-state index < -0.39 is 5.54 Å². The van der Waals surface area contributed by atoms with Gasteiger partial charge < -0.3 is 5.73 Å². The predicted molar refractivity (Wildman–Crippen MR) is 91.3 cm³/mol. The lowest BCUT2D eigenvalue weighted by Gasteiger charge is -2.39. The third kappa shape index (κ3) is 2.82. The Morgan fingerprint density at radius 3 is 2.59 bits per heavy atom. The summed E-state index contributed by atoms with van der Waals surface area (Å²) in [5.74, 6) is 0.221. The number of hydrogen-bond donors (Lipinski definition) is 1. The van der Waals surface area contributed by atoms with Gasteiger partial charge in [-0.05, 0) is 30.1 Å². The number of nitrogens with two attached hydrogens (primary N) is 1. The molecule has 3 rings (SSSR count). The molecule has 2 aliphatic carbocycles. The van der Waals surface area contributed by atoms with Gasteiger partial charge >= 0.3 is 0 Å². The average molecular weight is 333 g/mol. The monoisotopic (exact) mass is 332 g/mol. The van der Waals surface area contributed by atoms with E-state index in [4.69, 9.17) is 28.9 Å². The maximum Gasteiger partial charge on any atom is 0.0869 e. The van der Waals surface area contributed by atoms with E-state index in [0.717, 1.165) is 17.6 Å². The van der Waals surface area contributed by atoms with Gasteiger partial charge in [-0.2, -0.15) is 5.26 Å². The molecule has 2 unspecified atom stereocenters. The Hall–Kier alpha value is -1.27. The van der Waals surface area contributed by atoms with E-state index in [-0.39, 0.29) is 5.92 Å². The molecule has 0 aromatic heterocycles. The summed E-state index contributed by atoms with van der Waals surface area (Å²) in [5, 5.41) is 10.8. The Morgan fingerprint density at radius 2 is 2.00 bits per heavy atom. The molecule has 0 heterocycles. The van der Waals surface area contributed by atoms with E-state index in [9.17, 15) is 5.26 Å². The Morgan fingerprint density at radius 1 is 1.27 bits per heavy atom. The van der Waals surface area contributed by atoms with Gasteiger partial charge in [0.15, 0.2) is 0 Å². The van der Waals surface area contributed by atoms with Crippen LogP contribution in [0.3, 0.4) is 0 Å². The van der Waals surface area contributed by atoms with Crippen molar-refractivity contribution in [3.63, 3.8) is 0 Å². The molecule has 1 fully saturated rings. The molecule has 2 aliphatic rings. The number of nitrogens with zero attached hydrogens (tertiary/aromatic N) is 1. The molecule has 4 heteroatoms. The smallest absolute Gasteiger partial charge is 0.0869 e. The molecular formula is C18H18Cl2N2. The highest BCUT2D eigenvalue weighted by atomic mass is 35.5. The number of benzene rings is 1. The topological polar surface area (TPSA) is 49.8 Å². The zero-order valence-corrected chi connectivity index (χ0v) is 13.7. The van der Waals surface area contributed by atoms with E-state index in [1.807, 2.05) is 36.4 Å². The third-order valence-corrected chi connectivity index (χ3v) is 5.38. The van der Waals surface area contributed by atoms with Gasteiger partial charge in [-0.1, -0.05) is 66.7 Å². The molecule has 0 radical (unpaired) electrons. The number of allylic oxidation sites excluding steroid dienone is 2. The van der Waals surface area contributed by atoms with Crippen LogP contribution in [0.5, 0.6) is 0 Å². The van der Waals surface area contributed by atoms with E-state index in [1.165, 1.54) is 19.3 Å². The van der Waals surface area contributed by atoms with Crippen LogP contribution >= 0.6 is 23.2 Å². The van der Waals surface area contributed by atoms with Gasteiger partial charge in [0.1, 0.15) is 0 Å². The lowest BCUT2D eigenvalue weighted by Crippen LogP contribution is -2.48. The van der Waals surface area contributed by atoms with Gasteiger partial charge in [-0.15, -0.1) is 0 Å². The highest BCUT2D eigenvalue weighted by Crippen LogP contribution is 2.43. The summed E-state index contributed by atoms with van der Waals surface area (Å²) in [5.41, 5.74) is 7.50. The van der Waals surface area contributed by atoms with Crippen molar-refractivity contribution in [2.45, 2.75) is 31.2 Å². The van der Waals surface area contributed by atoms with Crippen LogP contribution in [0.1, 0.15) is 31.2 Å². The minimum atomic E-state index is -0.679. The highest BCUT2D eigenvalue weighted by molar-refractivity contribution is 6.39. The molecule has 114 valence electrons. The van der Waals surface area contributed by atoms with Gasteiger partial charge in [-0.25, -0.2) is 0 Å². The molecule has 0 aliphatic heterocycles. The molecule has 1 aromatic carbocycles. The molecule has 0 saturated heterocycles. The first-order valence-corrected chi connectivity index (χ1v) is 8.33. The van der Waals surface area contributed by atoms with E-state index in [2.05, 4.69) is 6.07 Å². The Bertz CT molecular complexity index is 683. The second-order valence-corrected chi connectivity index (χ2v) is 7.09. The van der Waals surface area contributed by atoms with Gasteiger partial charge in [0.05, 0.1) is 17.5 Å². The van der Waals surface area contributed by atoms with Crippen LogP contribution in [0.25, 0.3) is 5.57 Å². The molecule has 22 heavy (non-hydrogen) atoms. The number of nitriles is 1. The fourth-order valence-electron chi connectivity index (χ4n) is 3.24. The zero-order chi connectivity index (χ0) is 15.7. The van der Waals surface area contributed by atoms with Crippen LogP contribution in [-0.4, -0.2) is 5.54 Å². The summed E-state index contributed by atoms with van der Waals surface area (Å²) in [6.07, 6.45) is 8.21. The molecular weight excluding hydrogens is 315 g/mol. The molecule has 0 amide bonds. The summed E-state index contributed by atoms with van der Waals surface area (Å²) in [6.45, 7) is 0. The molecule has 1 aromatic rings. The van der Waals surface area contributed by atoms with Crippen molar-refractivity contribution in [1.29, 1.82) is 5.26 Å². The lowest BCUT2D eigenvalue weighted by molar-refractivity contribution is 0.234. The summed E-state index contributed by atoms with van der Waals surface area (Å²) < 4.78 is 0. The van der Waals surface area contributed by atoms with Gasteiger partial charge in [0, 0.05) is 15.6 Å². The van der Waals surface area contributed by atoms with E-state index >= 15 is 0 Å². The van der Waals surface area contributed by atoms with Crippen molar-refractivity contribution in [3.05, 3.63) is 52.0 Å². The van der Waals surface area contributed by atoms with Crippen LogP contribution in [-0.2, 0) is 0 Å². The van der Waals surface area contributed by atoms with Crippen LogP contribution < -0.4 is 5.73 Å². The molecule has 0 bridgehead atoms. The maximum atomic E-state index is 9.57. The number of halogens is 2. The Kier molecular flexibility index (Phi) is 4.32. The second kappa shape index (κ2) is 6.08. The summed E-state index contributed by atoms with van der Waals surface area (Å²) in [6, 6.07) is 9.85. The minimum absolute atomic E-state index is 0.387. The molecule has 2 nitrogen and oxygen atoms in total. The Balaban J connectivity index is 1.96. The highest BCUT2D eigenvalue weighted by Gasteiger charge is 2.39. The second-order valence-electron chi connectivity index (χ2n) is 6.27. The van der Waals surface area contributed by atoms with Crippen LogP contribution in [0.2, 0.25) is 5.02 Å². The Labute approximate surface area is 141 Å². The first-order chi connectivity index (χ1) is 10.5. The minimum Gasteiger partial charge on any atom is -0.320 e. The van der Waals surface area contributed by atoms with Gasteiger partial charge in [-0.3, -0.25) is 0 Å². The molecule has 1 saturated carbocycles. The largest absolute Gasteiger partial charge is 0.320 e. The summed E-state index contributed by atoms with van der Waals surface area (Å²) in [4.78, 5) is 0. The van der Waals surface area contributed by atoms with Crippen LogP contribution in [0.15, 0.2) is 41.4 Å². The van der Waals surface area contributed by atoms with E-state index in [0.29, 0.717) is 16.0 Å². The van der Waals surface area contributed by atoms with Crippen LogP contribution in [0, 0.1) is 23.2 Å². The van der Waals surface area contributed by atoms with Gasteiger partial charge in [0.25, 0.3) is 0 Å². The fraction of sp³-hybridized carbons (Fsp3) is 0.389. The molecule has 0 spiro atoms. The van der Waals surface area contributed by atoms with Crippen LogP contribution in [0.4, 0.5) is 0 Å². The fourth-order valence-corrected chi connectivity index (χ4v) is 3.85. The predicted octanol–water partition coefficient (Wildman–Crippen LogP) is 4.89. The van der Waals surface area contributed by atoms with Crippen molar-refractivity contribution >= 4 is 28.8 Å². The number of rotatable bonds is 3. The summed E-state index contributed by atoms with van der Waals surface area (Å²) in [7, 11) is 0. The number of hydrogen-bond acceptors (Lipinski definition) is 2. The zero-order valence-electron chi connectivity index (χ0n) is 12.2. The SMILES string of the molecule is N#CC1C=C(c2ccccc2Cl)C(Cl)=CC1(N)CC1CCC1. The lowest BCUT2D eigenvalue weighted by atomic mass is 9.69. The van der Waals surface area contributed by atoms with Crippen molar-refractivity contribution in [3.8, 4) is 6.07 Å².